The summed E-state index contributed by atoms with van der Waals surface area (Å²) in [6, 6.07) is 9.77. The minimum Gasteiger partial charge on any atom is -0.497 e. The third kappa shape index (κ3) is 2.41. The van der Waals surface area contributed by atoms with Crippen LogP contribution in [0.5, 0.6) is 11.5 Å². The summed E-state index contributed by atoms with van der Waals surface area (Å²) in [6.45, 7) is 0. The van der Waals surface area contributed by atoms with E-state index in [9.17, 15) is 4.39 Å². The molecule has 0 aromatic heterocycles. The van der Waals surface area contributed by atoms with Crippen molar-refractivity contribution >= 4 is 11.6 Å². The van der Waals surface area contributed by atoms with Crippen molar-refractivity contribution < 1.29 is 13.9 Å². The third-order valence-electron chi connectivity index (χ3n) is 2.63. The molecule has 0 fully saturated rings. The van der Waals surface area contributed by atoms with E-state index in [-0.39, 0.29) is 5.82 Å². The van der Waals surface area contributed by atoms with Gasteiger partial charge < -0.3 is 9.47 Å². The van der Waals surface area contributed by atoms with E-state index in [1.54, 1.807) is 37.4 Å². The summed E-state index contributed by atoms with van der Waals surface area (Å²) in [6.07, 6.45) is 0. The van der Waals surface area contributed by atoms with E-state index in [1.807, 2.05) is 0 Å². The van der Waals surface area contributed by atoms with Gasteiger partial charge in [-0.1, -0.05) is 11.6 Å². The van der Waals surface area contributed by atoms with E-state index in [0.29, 0.717) is 27.6 Å². The van der Waals surface area contributed by atoms with E-state index >= 15 is 0 Å². The van der Waals surface area contributed by atoms with Crippen LogP contribution in [-0.4, -0.2) is 14.2 Å². The summed E-state index contributed by atoms with van der Waals surface area (Å²) in [7, 11) is 3.10. The highest BCUT2D eigenvalue weighted by atomic mass is 35.5. The van der Waals surface area contributed by atoms with E-state index in [1.165, 1.54) is 13.2 Å². The fourth-order valence-corrected chi connectivity index (χ4v) is 1.89. The minimum absolute atomic E-state index is 0.365. The molecular weight excluding hydrogens is 255 g/mol. The van der Waals surface area contributed by atoms with Crippen molar-refractivity contribution in [1.29, 1.82) is 0 Å². The zero-order chi connectivity index (χ0) is 13.1. The number of hydrogen-bond donors (Lipinski definition) is 0. The normalized spacial score (nSPS) is 10.2. The van der Waals surface area contributed by atoms with E-state index in [2.05, 4.69) is 0 Å². The van der Waals surface area contributed by atoms with Crippen LogP contribution >= 0.6 is 11.6 Å². The number of rotatable bonds is 3. The van der Waals surface area contributed by atoms with Crippen molar-refractivity contribution in [3.8, 4) is 22.6 Å². The Morgan fingerprint density at radius 1 is 0.944 bits per heavy atom. The molecule has 0 aliphatic rings. The summed E-state index contributed by atoms with van der Waals surface area (Å²) in [5, 5.41) is 0.365. The van der Waals surface area contributed by atoms with Crippen molar-refractivity contribution in [2.75, 3.05) is 14.2 Å². The number of halogens is 2. The Morgan fingerprint density at radius 2 is 1.67 bits per heavy atom. The molecule has 0 atom stereocenters. The molecule has 4 heteroatoms. The van der Waals surface area contributed by atoms with Crippen LogP contribution in [0, 0.1) is 5.82 Å². The molecule has 0 N–H and O–H groups in total. The van der Waals surface area contributed by atoms with Gasteiger partial charge in [-0.2, -0.15) is 0 Å². The second kappa shape index (κ2) is 5.27. The smallest absolute Gasteiger partial charge is 0.132 e. The summed E-state index contributed by atoms with van der Waals surface area (Å²) in [4.78, 5) is 0. The predicted molar refractivity (Wildman–Crippen MR) is 70.0 cm³/mol. The molecule has 2 aromatic carbocycles. The fourth-order valence-electron chi connectivity index (χ4n) is 1.73. The largest absolute Gasteiger partial charge is 0.497 e. The topological polar surface area (TPSA) is 18.5 Å². The average molecular weight is 267 g/mol. The first kappa shape index (κ1) is 12.7. The monoisotopic (exact) mass is 266 g/mol. The maximum absolute atomic E-state index is 13.9. The Bertz CT molecular complexity index is 570. The zero-order valence-electron chi connectivity index (χ0n) is 10.0. The lowest BCUT2D eigenvalue weighted by Gasteiger charge is -2.11. The fraction of sp³-hybridized carbons (Fsp3) is 0.143. The number of methoxy groups -OCH3 is 2. The van der Waals surface area contributed by atoms with Crippen LogP contribution in [0.25, 0.3) is 11.1 Å². The Kier molecular flexibility index (Phi) is 3.72. The van der Waals surface area contributed by atoms with E-state index in [0.717, 1.165) is 0 Å². The Balaban J connectivity index is 2.56. The first-order valence-electron chi connectivity index (χ1n) is 5.33. The van der Waals surface area contributed by atoms with Gasteiger partial charge in [-0.05, 0) is 30.3 Å². The van der Waals surface area contributed by atoms with Gasteiger partial charge in [0.05, 0.1) is 14.2 Å². The number of benzene rings is 2. The van der Waals surface area contributed by atoms with Crippen molar-refractivity contribution in [3.05, 3.63) is 47.2 Å². The van der Waals surface area contributed by atoms with E-state index < -0.39 is 0 Å². The lowest BCUT2D eigenvalue weighted by atomic mass is 10.0. The maximum Gasteiger partial charge on any atom is 0.132 e. The van der Waals surface area contributed by atoms with Gasteiger partial charge in [0, 0.05) is 22.2 Å². The van der Waals surface area contributed by atoms with Crippen molar-refractivity contribution in [2.24, 2.45) is 0 Å². The quantitative estimate of drug-likeness (QED) is 0.830. The molecule has 0 saturated heterocycles. The van der Waals surface area contributed by atoms with Crippen molar-refractivity contribution in [2.45, 2.75) is 0 Å². The summed E-state index contributed by atoms with van der Waals surface area (Å²) in [5.74, 6) is 0.825. The van der Waals surface area contributed by atoms with Crippen LogP contribution < -0.4 is 9.47 Å². The van der Waals surface area contributed by atoms with Crippen LogP contribution in [-0.2, 0) is 0 Å². The first-order chi connectivity index (χ1) is 8.65. The van der Waals surface area contributed by atoms with Gasteiger partial charge in [0.15, 0.2) is 0 Å². The maximum atomic E-state index is 13.9. The van der Waals surface area contributed by atoms with Gasteiger partial charge in [0.1, 0.15) is 17.3 Å². The molecule has 2 nitrogen and oxygen atoms in total. The Hall–Kier alpha value is -1.74. The molecule has 0 radical (unpaired) electrons. The predicted octanol–water partition coefficient (Wildman–Crippen LogP) is 4.16. The number of ether oxygens (including phenoxy) is 2. The van der Waals surface area contributed by atoms with Crippen LogP contribution in [0.2, 0.25) is 5.02 Å². The lowest BCUT2D eigenvalue weighted by Crippen LogP contribution is -1.92. The molecule has 0 amide bonds. The molecule has 94 valence electrons. The molecule has 0 spiro atoms. The second-order valence-electron chi connectivity index (χ2n) is 3.69. The van der Waals surface area contributed by atoms with Gasteiger partial charge in [0.2, 0.25) is 0 Å². The summed E-state index contributed by atoms with van der Waals surface area (Å²) >= 11 is 5.73. The lowest BCUT2D eigenvalue weighted by molar-refractivity contribution is 0.395. The minimum atomic E-state index is -0.383. The SMILES string of the molecule is COc1ccc(-c2ccc(Cl)cc2F)c(OC)c1. The molecule has 0 bridgehead atoms. The van der Waals surface area contributed by atoms with E-state index in [4.69, 9.17) is 21.1 Å². The highest BCUT2D eigenvalue weighted by molar-refractivity contribution is 6.30. The molecule has 18 heavy (non-hydrogen) atoms. The first-order valence-corrected chi connectivity index (χ1v) is 5.71. The van der Waals surface area contributed by atoms with Gasteiger partial charge in [-0.3, -0.25) is 0 Å². The number of hydrogen-bond acceptors (Lipinski definition) is 2. The Labute approximate surface area is 110 Å². The van der Waals surface area contributed by atoms with Crippen LogP contribution in [0.15, 0.2) is 36.4 Å². The van der Waals surface area contributed by atoms with Crippen molar-refractivity contribution in [1.82, 2.24) is 0 Å². The molecule has 0 aliphatic carbocycles. The second-order valence-corrected chi connectivity index (χ2v) is 4.13. The van der Waals surface area contributed by atoms with Gasteiger partial charge in [0.25, 0.3) is 0 Å². The van der Waals surface area contributed by atoms with Crippen LogP contribution in [0.1, 0.15) is 0 Å². The zero-order valence-corrected chi connectivity index (χ0v) is 10.8. The van der Waals surface area contributed by atoms with Gasteiger partial charge >= 0.3 is 0 Å². The average Bonchev–Trinajstić information content (AvgIpc) is 2.38. The molecule has 2 aromatic rings. The third-order valence-corrected chi connectivity index (χ3v) is 2.87. The van der Waals surface area contributed by atoms with Gasteiger partial charge in [-0.25, -0.2) is 4.39 Å². The van der Waals surface area contributed by atoms with Crippen molar-refractivity contribution in [3.63, 3.8) is 0 Å². The highest BCUT2D eigenvalue weighted by Gasteiger charge is 2.11. The van der Waals surface area contributed by atoms with Crippen LogP contribution in [0.4, 0.5) is 4.39 Å². The molecular formula is C14H12ClFO2. The molecule has 0 heterocycles. The molecule has 2 rings (SSSR count). The molecule has 0 aliphatic heterocycles. The molecule has 0 saturated carbocycles. The standard InChI is InChI=1S/C14H12ClFO2/c1-17-10-4-6-12(14(8-10)18-2)11-5-3-9(15)7-13(11)16/h3-8H,1-2H3. The highest BCUT2D eigenvalue weighted by Crippen LogP contribution is 2.35. The Morgan fingerprint density at radius 3 is 2.28 bits per heavy atom. The van der Waals surface area contributed by atoms with Gasteiger partial charge in [-0.15, -0.1) is 0 Å². The van der Waals surface area contributed by atoms with Crippen LogP contribution in [0.3, 0.4) is 0 Å². The molecule has 0 unspecified atom stereocenters. The summed E-state index contributed by atoms with van der Waals surface area (Å²) < 4.78 is 24.2. The summed E-state index contributed by atoms with van der Waals surface area (Å²) in [5.41, 5.74) is 1.10.